The minimum atomic E-state index is -0.789. The maximum absolute atomic E-state index is 14.7. The van der Waals surface area contributed by atoms with E-state index in [1.165, 1.54) is 13.2 Å². The van der Waals surface area contributed by atoms with Gasteiger partial charge in [0.2, 0.25) is 0 Å². The first-order valence-corrected chi connectivity index (χ1v) is 12.1. The van der Waals surface area contributed by atoms with Crippen LogP contribution < -0.4 is 14.4 Å². The molecule has 36 heavy (non-hydrogen) atoms. The van der Waals surface area contributed by atoms with Crippen LogP contribution in [0.5, 0.6) is 11.5 Å². The number of nitrogens with zero attached hydrogens (tertiary/aromatic N) is 3. The maximum atomic E-state index is 14.7. The summed E-state index contributed by atoms with van der Waals surface area (Å²) in [5.41, 5.74) is 2.31. The first-order valence-electron chi connectivity index (χ1n) is 12.1. The number of aromatic nitrogens is 2. The van der Waals surface area contributed by atoms with Gasteiger partial charge in [-0.3, -0.25) is 9.78 Å². The fourth-order valence-corrected chi connectivity index (χ4v) is 4.21. The van der Waals surface area contributed by atoms with Gasteiger partial charge in [-0.15, -0.1) is 0 Å². The zero-order valence-electron chi connectivity index (χ0n) is 21.1. The fraction of sp³-hybridized carbons (Fsp3) is 0.393. The van der Waals surface area contributed by atoms with Crippen molar-refractivity contribution in [2.24, 2.45) is 5.92 Å². The summed E-state index contributed by atoms with van der Waals surface area (Å²) in [5.74, 6) is 0.939. The van der Waals surface area contributed by atoms with Crippen LogP contribution >= 0.6 is 0 Å². The van der Waals surface area contributed by atoms with Crippen molar-refractivity contribution in [1.82, 2.24) is 9.97 Å². The normalized spacial score (nSPS) is 13.9. The predicted molar refractivity (Wildman–Crippen MR) is 136 cm³/mol. The van der Waals surface area contributed by atoms with Crippen LogP contribution in [0.4, 0.5) is 10.2 Å². The van der Waals surface area contributed by atoms with Crippen molar-refractivity contribution in [3.8, 4) is 22.8 Å². The standard InChI is InChI=1S/C28H32FN3O4/c1-17(2)32(3)28-27(24-13-21(35-4)10-11-25(24)29)30-15-20(31-28)16-36-22-7-5-6-19(12-22)23(14-26(33)34)18-8-9-18/h5-7,10-13,15,17-18,23H,8-9,14,16H2,1-4H3,(H,33,34). The Labute approximate surface area is 210 Å². The summed E-state index contributed by atoms with van der Waals surface area (Å²) in [6, 6.07) is 12.3. The van der Waals surface area contributed by atoms with Crippen LogP contribution in [0.1, 0.15) is 50.3 Å². The minimum Gasteiger partial charge on any atom is -0.497 e. The zero-order valence-corrected chi connectivity index (χ0v) is 21.1. The molecule has 0 saturated heterocycles. The number of carboxylic acid groups (broad SMARTS) is 1. The van der Waals surface area contributed by atoms with Crippen molar-refractivity contribution >= 4 is 11.8 Å². The summed E-state index contributed by atoms with van der Waals surface area (Å²) in [6.07, 6.45) is 3.83. The molecule has 1 aromatic heterocycles. The highest BCUT2D eigenvalue weighted by molar-refractivity contribution is 5.73. The molecule has 3 aromatic rings. The molecule has 190 valence electrons. The number of aliphatic carboxylic acids is 1. The van der Waals surface area contributed by atoms with Crippen molar-refractivity contribution in [3.63, 3.8) is 0 Å². The van der Waals surface area contributed by atoms with E-state index in [1.807, 2.05) is 50.1 Å². The Bertz CT molecular complexity index is 1230. The van der Waals surface area contributed by atoms with Gasteiger partial charge in [-0.2, -0.15) is 0 Å². The Morgan fingerprint density at radius 2 is 1.97 bits per heavy atom. The molecule has 0 spiro atoms. The number of methoxy groups -OCH3 is 1. The van der Waals surface area contributed by atoms with Gasteiger partial charge < -0.3 is 19.5 Å². The number of carboxylic acids is 1. The summed E-state index contributed by atoms with van der Waals surface area (Å²) in [4.78, 5) is 22.6. The van der Waals surface area contributed by atoms with Gasteiger partial charge in [-0.1, -0.05) is 12.1 Å². The maximum Gasteiger partial charge on any atom is 0.303 e. The Kier molecular flexibility index (Phi) is 7.72. The second kappa shape index (κ2) is 10.9. The quantitative estimate of drug-likeness (QED) is 0.368. The topological polar surface area (TPSA) is 84.8 Å². The number of benzene rings is 2. The lowest BCUT2D eigenvalue weighted by atomic mass is 9.91. The van der Waals surface area contributed by atoms with E-state index < -0.39 is 11.8 Å². The average Bonchev–Trinajstić information content (AvgIpc) is 3.71. The molecule has 1 fully saturated rings. The highest BCUT2D eigenvalue weighted by Crippen LogP contribution is 2.45. The van der Waals surface area contributed by atoms with Crippen LogP contribution in [-0.2, 0) is 11.4 Å². The number of hydrogen-bond donors (Lipinski definition) is 1. The van der Waals surface area contributed by atoms with Crippen LogP contribution in [0, 0.1) is 11.7 Å². The molecule has 7 nitrogen and oxygen atoms in total. The Morgan fingerprint density at radius 3 is 2.64 bits per heavy atom. The molecule has 2 aromatic carbocycles. The molecule has 1 N–H and O–H groups in total. The largest absolute Gasteiger partial charge is 0.497 e. The van der Waals surface area contributed by atoms with E-state index in [4.69, 9.17) is 14.5 Å². The first kappa shape index (κ1) is 25.4. The number of rotatable bonds is 11. The van der Waals surface area contributed by atoms with Gasteiger partial charge in [0.15, 0.2) is 5.82 Å². The Morgan fingerprint density at radius 1 is 1.19 bits per heavy atom. The molecule has 1 aliphatic carbocycles. The van der Waals surface area contributed by atoms with E-state index in [2.05, 4.69) is 4.98 Å². The third-order valence-electron chi connectivity index (χ3n) is 6.60. The van der Waals surface area contributed by atoms with Crippen LogP contribution in [0.25, 0.3) is 11.3 Å². The molecule has 1 saturated carbocycles. The number of halogens is 1. The van der Waals surface area contributed by atoms with E-state index >= 15 is 0 Å². The number of carbonyl (C=O) groups is 1. The average molecular weight is 494 g/mol. The van der Waals surface area contributed by atoms with Crippen LogP contribution in [0.2, 0.25) is 0 Å². The van der Waals surface area contributed by atoms with E-state index in [0.29, 0.717) is 40.2 Å². The second-order valence-corrected chi connectivity index (χ2v) is 9.49. The van der Waals surface area contributed by atoms with Gasteiger partial charge in [-0.05, 0) is 74.4 Å². The smallest absolute Gasteiger partial charge is 0.303 e. The molecular weight excluding hydrogens is 461 g/mol. The van der Waals surface area contributed by atoms with Crippen molar-refractivity contribution in [1.29, 1.82) is 0 Å². The molecule has 1 unspecified atom stereocenters. The van der Waals surface area contributed by atoms with Gasteiger partial charge in [0.1, 0.15) is 29.6 Å². The zero-order chi connectivity index (χ0) is 25.8. The van der Waals surface area contributed by atoms with Gasteiger partial charge in [0.05, 0.1) is 25.4 Å². The molecule has 0 bridgehead atoms. The van der Waals surface area contributed by atoms with E-state index in [9.17, 15) is 14.3 Å². The Hall–Kier alpha value is -3.68. The summed E-state index contributed by atoms with van der Waals surface area (Å²) in [7, 11) is 3.43. The molecular formula is C28H32FN3O4. The second-order valence-electron chi connectivity index (χ2n) is 9.49. The number of anilines is 1. The van der Waals surface area contributed by atoms with Crippen molar-refractivity contribution in [2.45, 2.75) is 51.7 Å². The van der Waals surface area contributed by atoms with Gasteiger partial charge in [0.25, 0.3) is 0 Å². The number of ether oxygens (including phenoxy) is 2. The monoisotopic (exact) mass is 493 g/mol. The van der Waals surface area contributed by atoms with Gasteiger partial charge in [-0.25, -0.2) is 9.37 Å². The van der Waals surface area contributed by atoms with Gasteiger partial charge in [0, 0.05) is 18.7 Å². The van der Waals surface area contributed by atoms with Gasteiger partial charge >= 0.3 is 5.97 Å². The van der Waals surface area contributed by atoms with Crippen molar-refractivity contribution in [2.75, 3.05) is 19.1 Å². The van der Waals surface area contributed by atoms with E-state index in [-0.39, 0.29) is 25.0 Å². The summed E-state index contributed by atoms with van der Waals surface area (Å²) >= 11 is 0. The highest BCUT2D eigenvalue weighted by atomic mass is 19.1. The summed E-state index contributed by atoms with van der Waals surface area (Å²) in [6.45, 7) is 4.22. The lowest BCUT2D eigenvalue weighted by Crippen LogP contribution is -2.28. The van der Waals surface area contributed by atoms with Crippen LogP contribution in [-0.4, -0.2) is 41.2 Å². The summed E-state index contributed by atoms with van der Waals surface area (Å²) in [5, 5.41) is 9.32. The molecule has 0 amide bonds. The third-order valence-corrected chi connectivity index (χ3v) is 6.60. The number of hydrogen-bond acceptors (Lipinski definition) is 6. The Balaban J connectivity index is 1.59. The van der Waals surface area contributed by atoms with Crippen molar-refractivity contribution < 1.29 is 23.8 Å². The van der Waals surface area contributed by atoms with Crippen molar-refractivity contribution in [3.05, 3.63) is 65.7 Å². The van der Waals surface area contributed by atoms with Crippen LogP contribution in [0.3, 0.4) is 0 Å². The SMILES string of the molecule is COc1ccc(F)c(-c2ncc(COc3cccc(C(CC(=O)O)C4CC4)c3)nc2N(C)C(C)C)c1. The van der Waals surface area contributed by atoms with E-state index in [0.717, 1.165) is 18.4 Å². The molecule has 4 rings (SSSR count). The third kappa shape index (κ3) is 5.93. The lowest BCUT2D eigenvalue weighted by molar-refractivity contribution is -0.137. The first-order chi connectivity index (χ1) is 17.3. The lowest BCUT2D eigenvalue weighted by Gasteiger charge is -2.25. The van der Waals surface area contributed by atoms with Crippen LogP contribution in [0.15, 0.2) is 48.7 Å². The molecule has 1 heterocycles. The predicted octanol–water partition coefficient (Wildman–Crippen LogP) is 5.68. The summed E-state index contributed by atoms with van der Waals surface area (Å²) < 4.78 is 26.0. The molecule has 8 heteroatoms. The molecule has 0 radical (unpaired) electrons. The highest BCUT2D eigenvalue weighted by Gasteiger charge is 2.33. The molecule has 0 aliphatic heterocycles. The molecule has 1 aliphatic rings. The fourth-order valence-electron chi connectivity index (χ4n) is 4.21. The van der Waals surface area contributed by atoms with E-state index in [1.54, 1.807) is 18.3 Å². The minimum absolute atomic E-state index is 0.00539. The molecule has 1 atom stereocenters.